The van der Waals surface area contributed by atoms with Crippen LogP contribution in [0.5, 0.6) is 0 Å². The lowest BCUT2D eigenvalue weighted by molar-refractivity contribution is -0.127. The molecule has 4 rings (SSSR count). The highest BCUT2D eigenvalue weighted by molar-refractivity contribution is 6.02. The molecule has 0 atom stereocenters. The van der Waals surface area contributed by atoms with Gasteiger partial charge in [0.25, 0.3) is 0 Å². The van der Waals surface area contributed by atoms with Gasteiger partial charge in [-0.15, -0.1) is 0 Å². The van der Waals surface area contributed by atoms with Crippen LogP contribution in [0.25, 0.3) is 0 Å². The predicted molar refractivity (Wildman–Crippen MR) is 93.2 cm³/mol. The molecule has 0 radical (unpaired) electrons. The molecular formula is C20H22N2O2. The fourth-order valence-corrected chi connectivity index (χ4v) is 3.92. The minimum atomic E-state index is -0.475. The summed E-state index contributed by atoms with van der Waals surface area (Å²) in [6, 6.07) is 10.4. The number of hydrogen-bond donors (Lipinski definition) is 0. The van der Waals surface area contributed by atoms with Crippen molar-refractivity contribution < 1.29 is 9.53 Å². The Kier molecular flexibility index (Phi) is 3.85. The van der Waals surface area contributed by atoms with Gasteiger partial charge in [0.15, 0.2) is 0 Å². The number of aryl methyl sites for hydroxylation is 1. The van der Waals surface area contributed by atoms with E-state index >= 15 is 0 Å². The van der Waals surface area contributed by atoms with Gasteiger partial charge in [0, 0.05) is 37.8 Å². The van der Waals surface area contributed by atoms with Crippen LogP contribution >= 0.6 is 0 Å². The quantitative estimate of drug-likeness (QED) is 0.853. The summed E-state index contributed by atoms with van der Waals surface area (Å²) in [5, 5.41) is 0. The van der Waals surface area contributed by atoms with E-state index in [1.165, 1.54) is 5.56 Å². The van der Waals surface area contributed by atoms with Crippen molar-refractivity contribution in [2.75, 3.05) is 24.7 Å². The first-order valence-corrected chi connectivity index (χ1v) is 8.60. The molecule has 0 unspecified atom stereocenters. The molecule has 0 N–H and O–H groups in total. The number of hydrogen-bond acceptors (Lipinski definition) is 3. The van der Waals surface area contributed by atoms with Gasteiger partial charge in [-0.2, -0.15) is 0 Å². The first-order valence-electron chi connectivity index (χ1n) is 8.60. The Morgan fingerprint density at radius 2 is 1.92 bits per heavy atom. The van der Waals surface area contributed by atoms with E-state index < -0.39 is 5.41 Å². The van der Waals surface area contributed by atoms with Gasteiger partial charge in [-0.05, 0) is 43.4 Å². The van der Waals surface area contributed by atoms with Gasteiger partial charge in [0.2, 0.25) is 5.91 Å². The highest BCUT2D eigenvalue weighted by Crippen LogP contribution is 2.40. The van der Waals surface area contributed by atoms with Crippen molar-refractivity contribution in [1.29, 1.82) is 0 Å². The zero-order valence-corrected chi connectivity index (χ0v) is 14.0. The Hall–Kier alpha value is -2.20. The van der Waals surface area contributed by atoms with Crippen molar-refractivity contribution in [1.82, 2.24) is 4.98 Å². The Morgan fingerprint density at radius 1 is 1.17 bits per heavy atom. The molecule has 1 fully saturated rings. The number of ether oxygens (including phenoxy) is 1. The van der Waals surface area contributed by atoms with Crippen LogP contribution in [-0.4, -0.2) is 30.6 Å². The minimum Gasteiger partial charge on any atom is -0.381 e. The van der Waals surface area contributed by atoms with E-state index in [-0.39, 0.29) is 5.91 Å². The molecule has 1 amide bonds. The number of carbonyl (C=O) groups is 1. The lowest BCUT2D eigenvalue weighted by Crippen LogP contribution is -2.49. The van der Waals surface area contributed by atoms with Gasteiger partial charge in [-0.25, -0.2) is 0 Å². The highest BCUT2D eigenvalue weighted by Gasteiger charge is 2.45. The molecule has 0 spiro atoms. The van der Waals surface area contributed by atoms with E-state index in [0.717, 1.165) is 42.6 Å². The molecule has 2 aliphatic rings. The third-order valence-electron chi connectivity index (χ3n) is 5.38. The van der Waals surface area contributed by atoms with Crippen molar-refractivity contribution in [3.05, 3.63) is 59.4 Å². The lowest BCUT2D eigenvalue weighted by atomic mass is 9.72. The minimum absolute atomic E-state index is 0.208. The Labute approximate surface area is 142 Å². The van der Waals surface area contributed by atoms with E-state index in [9.17, 15) is 4.79 Å². The van der Waals surface area contributed by atoms with Crippen LogP contribution < -0.4 is 4.90 Å². The molecule has 4 nitrogen and oxygen atoms in total. The monoisotopic (exact) mass is 322 g/mol. The summed E-state index contributed by atoms with van der Waals surface area (Å²) in [6.07, 6.45) is 6.02. The zero-order chi connectivity index (χ0) is 16.6. The number of benzene rings is 1. The van der Waals surface area contributed by atoms with E-state index in [0.29, 0.717) is 13.2 Å². The average molecular weight is 322 g/mol. The molecule has 3 heterocycles. The fourth-order valence-electron chi connectivity index (χ4n) is 3.92. The standard InChI is InChI=1S/C20H22N2O2/c1-15-2-4-17(5-3-15)20(8-12-24-13-9-20)19(23)22-11-7-16-14-21-10-6-18(16)22/h2-6,10,14H,7-9,11-13H2,1H3. The highest BCUT2D eigenvalue weighted by atomic mass is 16.5. The molecule has 1 aromatic heterocycles. The largest absolute Gasteiger partial charge is 0.381 e. The van der Waals surface area contributed by atoms with Gasteiger partial charge in [-0.1, -0.05) is 29.8 Å². The molecule has 2 aliphatic heterocycles. The van der Waals surface area contributed by atoms with Crippen LogP contribution in [0.2, 0.25) is 0 Å². The van der Waals surface area contributed by atoms with E-state index in [2.05, 4.69) is 36.2 Å². The number of rotatable bonds is 2. The molecule has 124 valence electrons. The van der Waals surface area contributed by atoms with Crippen LogP contribution in [0.4, 0.5) is 5.69 Å². The molecule has 0 bridgehead atoms. The van der Waals surface area contributed by atoms with Gasteiger partial charge >= 0.3 is 0 Å². The average Bonchev–Trinajstić information content (AvgIpc) is 3.06. The summed E-state index contributed by atoms with van der Waals surface area (Å²) < 4.78 is 5.57. The van der Waals surface area contributed by atoms with Crippen LogP contribution in [0.3, 0.4) is 0 Å². The topological polar surface area (TPSA) is 42.4 Å². The number of amides is 1. The molecule has 1 aromatic carbocycles. The van der Waals surface area contributed by atoms with Crippen molar-refractivity contribution in [3.8, 4) is 0 Å². The molecular weight excluding hydrogens is 300 g/mol. The maximum absolute atomic E-state index is 13.6. The van der Waals surface area contributed by atoms with E-state index in [1.807, 2.05) is 17.2 Å². The number of pyridine rings is 1. The van der Waals surface area contributed by atoms with Crippen molar-refractivity contribution in [3.63, 3.8) is 0 Å². The van der Waals surface area contributed by atoms with Crippen LogP contribution in [0, 0.1) is 6.92 Å². The summed E-state index contributed by atoms with van der Waals surface area (Å²) in [6.45, 7) is 4.09. The predicted octanol–water partition coefficient (Wildman–Crippen LogP) is 3.03. The second-order valence-electron chi connectivity index (χ2n) is 6.77. The van der Waals surface area contributed by atoms with Gasteiger partial charge < -0.3 is 9.64 Å². The van der Waals surface area contributed by atoms with Crippen LogP contribution in [-0.2, 0) is 21.4 Å². The number of nitrogens with zero attached hydrogens (tertiary/aromatic N) is 2. The smallest absolute Gasteiger partial charge is 0.237 e. The van der Waals surface area contributed by atoms with Crippen molar-refractivity contribution in [2.24, 2.45) is 0 Å². The molecule has 1 saturated heterocycles. The first kappa shape index (κ1) is 15.3. The van der Waals surface area contributed by atoms with Gasteiger partial charge in [0.05, 0.1) is 5.41 Å². The number of fused-ring (bicyclic) bond motifs is 1. The summed E-state index contributed by atoms with van der Waals surface area (Å²) in [4.78, 5) is 19.8. The van der Waals surface area contributed by atoms with Crippen molar-refractivity contribution in [2.45, 2.75) is 31.6 Å². The Bertz CT molecular complexity index is 748. The number of aromatic nitrogens is 1. The summed E-state index contributed by atoms with van der Waals surface area (Å²) >= 11 is 0. The second kappa shape index (κ2) is 6.02. The second-order valence-corrected chi connectivity index (χ2v) is 6.77. The number of carbonyl (C=O) groups excluding carboxylic acids is 1. The third kappa shape index (κ3) is 2.42. The van der Waals surface area contributed by atoms with E-state index in [1.54, 1.807) is 6.20 Å². The fraction of sp³-hybridized carbons (Fsp3) is 0.400. The van der Waals surface area contributed by atoms with Gasteiger partial charge in [-0.3, -0.25) is 9.78 Å². The summed E-state index contributed by atoms with van der Waals surface area (Å²) in [7, 11) is 0. The normalized spacial score (nSPS) is 19.1. The van der Waals surface area contributed by atoms with Crippen LogP contribution in [0.15, 0.2) is 42.7 Å². The number of anilines is 1. The third-order valence-corrected chi connectivity index (χ3v) is 5.38. The molecule has 4 heteroatoms. The Balaban J connectivity index is 1.74. The van der Waals surface area contributed by atoms with Crippen LogP contribution in [0.1, 0.15) is 29.5 Å². The zero-order valence-electron chi connectivity index (χ0n) is 14.0. The SMILES string of the molecule is Cc1ccc(C2(C(=O)N3CCc4cnccc43)CCOCC2)cc1. The van der Waals surface area contributed by atoms with Crippen molar-refractivity contribution >= 4 is 11.6 Å². The lowest BCUT2D eigenvalue weighted by Gasteiger charge is -2.39. The first-order chi connectivity index (χ1) is 11.7. The van der Waals surface area contributed by atoms with Gasteiger partial charge in [0.1, 0.15) is 0 Å². The summed E-state index contributed by atoms with van der Waals surface area (Å²) in [5.41, 5.74) is 4.04. The molecule has 0 aliphatic carbocycles. The Morgan fingerprint density at radius 3 is 2.67 bits per heavy atom. The van der Waals surface area contributed by atoms with E-state index in [4.69, 9.17) is 4.74 Å². The molecule has 0 saturated carbocycles. The molecule has 2 aromatic rings. The maximum Gasteiger partial charge on any atom is 0.237 e. The maximum atomic E-state index is 13.6. The summed E-state index contributed by atoms with van der Waals surface area (Å²) in [5.74, 6) is 0.208. The molecule has 24 heavy (non-hydrogen) atoms.